The van der Waals surface area contributed by atoms with Crippen molar-refractivity contribution in [2.75, 3.05) is 39.9 Å². The SMILES string of the molecule is COc1ccccc1C=CCN1CCN(Cc2ccccc2)C(CCO)C1. The van der Waals surface area contributed by atoms with Crippen LogP contribution in [0.1, 0.15) is 17.5 Å². The van der Waals surface area contributed by atoms with Gasteiger partial charge in [0.15, 0.2) is 0 Å². The molecule has 1 aliphatic rings. The maximum absolute atomic E-state index is 9.50. The monoisotopic (exact) mass is 366 g/mol. The lowest BCUT2D eigenvalue weighted by atomic mass is 10.1. The van der Waals surface area contributed by atoms with Crippen molar-refractivity contribution in [1.82, 2.24) is 9.80 Å². The number of hydrogen-bond acceptors (Lipinski definition) is 4. The quantitative estimate of drug-likeness (QED) is 0.778. The third-order valence-electron chi connectivity index (χ3n) is 5.18. The van der Waals surface area contributed by atoms with Crippen LogP contribution >= 0.6 is 0 Å². The Labute approximate surface area is 162 Å². The lowest BCUT2D eigenvalue weighted by Crippen LogP contribution is -2.52. The first kappa shape index (κ1) is 19.6. The molecule has 1 saturated heterocycles. The molecule has 1 heterocycles. The van der Waals surface area contributed by atoms with E-state index in [1.165, 1.54) is 5.56 Å². The Kier molecular flexibility index (Phi) is 7.45. The smallest absolute Gasteiger partial charge is 0.126 e. The summed E-state index contributed by atoms with van der Waals surface area (Å²) in [5.41, 5.74) is 2.44. The number of rotatable bonds is 8. The largest absolute Gasteiger partial charge is 0.496 e. The summed E-state index contributed by atoms with van der Waals surface area (Å²) in [5, 5.41) is 9.50. The van der Waals surface area contributed by atoms with Crippen LogP contribution in [0.5, 0.6) is 5.75 Å². The van der Waals surface area contributed by atoms with Crippen molar-refractivity contribution >= 4 is 6.08 Å². The topological polar surface area (TPSA) is 35.9 Å². The van der Waals surface area contributed by atoms with Gasteiger partial charge in [0.1, 0.15) is 5.75 Å². The van der Waals surface area contributed by atoms with E-state index < -0.39 is 0 Å². The summed E-state index contributed by atoms with van der Waals surface area (Å²) >= 11 is 0. The van der Waals surface area contributed by atoms with E-state index in [9.17, 15) is 5.11 Å². The molecule has 2 aromatic carbocycles. The molecule has 0 aliphatic carbocycles. The molecule has 0 spiro atoms. The van der Waals surface area contributed by atoms with E-state index in [1.54, 1.807) is 7.11 Å². The molecule has 0 saturated carbocycles. The van der Waals surface area contributed by atoms with Gasteiger partial charge in [-0.3, -0.25) is 9.80 Å². The second-order valence-electron chi connectivity index (χ2n) is 7.03. The molecule has 0 bridgehead atoms. The van der Waals surface area contributed by atoms with Gasteiger partial charge in [-0.1, -0.05) is 60.7 Å². The molecular formula is C23H30N2O2. The van der Waals surface area contributed by atoms with Crippen LogP contribution in [0.4, 0.5) is 0 Å². The van der Waals surface area contributed by atoms with Crippen LogP contribution < -0.4 is 4.74 Å². The van der Waals surface area contributed by atoms with Gasteiger partial charge in [-0.05, 0) is 18.1 Å². The fourth-order valence-corrected chi connectivity index (χ4v) is 3.70. The Morgan fingerprint density at radius 2 is 1.85 bits per heavy atom. The van der Waals surface area contributed by atoms with E-state index in [2.05, 4.69) is 58.4 Å². The summed E-state index contributed by atoms with van der Waals surface area (Å²) in [7, 11) is 1.71. The number of hydrogen-bond donors (Lipinski definition) is 1. The molecule has 0 amide bonds. The highest BCUT2D eigenvalue weighted by Crippen LogP contribution is 2.20. The van der Waals surface area contributed by atoms with Crippen LogP contribution in [-0.4, -0.2) is 60.8 Å². The first-order valence-corrected chi connectivity index (χ1v) is 9.71. The van der Waals surface area contributed by atoms with Gasteiger partial charge in [0.2, 0.25) is 0 Å². The fraction of sp³-hybridized carbons (Fsp3) is 0.391. The van der Waals surface area contributed by atoms with Crippen molar-refractivity contribution in [3.8, 4) is 5.75 Å². The molecule has 144 valence electrons. The van der Waals surface area contributed by atoms with Crippen molar-refractivity contribution < 1.29 is 9.84 Å². The van der Waals surface area contributed by atoms with Gasteiger partial charge in [-0.25, -0.2) is 0 Å². The van der Waals surface area contributed by atoms with Crippen LogP contribution in [0.3, 0.4) is 0 Å². The minimum Gasteiger partial charge on any atom is -0.496 e. The number of aliphatic hydroxyl groups excluding tert-OH is 1. The number of piperazine rings is 1. The molecule has 2 aromatic rings. The minimum absolute atomic E-state index is 0.237. The molecule has 4 heteroatoms. The molecule has 4 nitrogen and oxygen atoms in total. The molecule has 1 N–H and O–H groups in total. The summed E-state index contributed by atoms with van der Waals surface area (Å²) in [4.78, 5) is 4.97. The second-order valence-corrected chi connectivity index (χ2v) is 7.03. The number of nitrogens with zero attached hydrogens (tertiary/aromatic N) is 2. The van der Waals surface area contributed by atoms with Crippen LogP contribution in [0.15, 0.2) is 60.7 Å². The van der Waals surface area contributed by atoms with Crippen LogP contribution in [0.25, 0.3) is 6.08 Å². The Balaban J connectivity index is 1.57. The predicted octanol–water partition coefficient (Wildman–Crippen LogP) is 3.28. The Morgan fingerprint density at radius 3 is 2.63 bits per heavy atom. The maximum Gasteiger partial charge on any atom is 0.126 e. The third kappa shape index (κ3) is 5.67. The highest BCUT2D eigenvalue weighted by molar-refractivity contribution is 5.57. The molecule has 0 aromatic heterocycles. The van der Waals surface area contributed by atoms with E-state index >= 15 is 0 Å². The average Bonchev–Trinajstić information content (AvgIpc) is 2.71. The van der Waals surface area contributed by atoms with Gasteiger partial charge in [-0.15, -0.1) is 0 Å². The van der Waals surface area contributed by atoms with Crippen LogP contribution in [0, 0.1) is 0 Å². The predicted molar refractivity (Wildman–Crippen MR) is 111 cm³/mol. The zero-order valence-corrected chi connectivity index (χ0v) is 16.1. The molecule has 1 atom stereocenters. The van der Waals surface area contributed by atoms with Gasteiger partial charge < -0.3 is 9.84 Å². The van der Waals surface area contributed by atoms with Crippen LogP contribution in [0.2, 0.25) is 0 Å². The van der Waals surface area contributed by atoms with E-state index in [4.69, 9.17) is 4.74 Å². The molecule has 1 aliphatic heterocycles. The zero-order valence-electron chi connectivity index (χ0n) is 16.1. The zero-order chi connectivity index (χ0) is 18.9. The minimum atomic E-state index is 0.237. The fourth-order valence-electron chi connectivity index (χ4n) is 3.70. The normalized spacial score (nSPS) is 18.8. The van der Waals surface area contributed by atoms with Gasteiger partial charge in [0.25, 0.3) is 0 Å². The summed E-state index contributed by atoms with van der Waals surface area (Å²) in [6.07, 6.45) is 5.16. The molecule has 1 unspecified atom stereocenters. The first-order chi connectivity index (χ1) is 13.3. The molecule has 3 rings (SSSR count). The van der Waals surface area contributed by atoms with Gasteiger partial charge in [0, 0.05) is 50.9 Å². The summed E-state index contributed by atoms with van der Waals surface area (Å²) < 4.78 is 5.41. The average molecular weight is 367 g/mol. The highest BCUT2D eigenvalue weighted by Gasteiger charge is 2.25. The maximum atomic E-state index is 9.50. The standard InChI is InChI=1S/C23H30N2O2/c1-27-23-12-6-5-10-21(23)11-7-14-24-15-16-25(22(19-24)13-17-26)18-20-8-3-2-4-9-20/h2-12,22,26H,13-19H2,1H3. The van der Waals surface area contributed by atoms with Gasteiger partial charge >= 0.3 is 0 Å². The highest BCUT2D eigenvalue weighted by atomic mass is 16.5. The summed E-state index contributed by atoms with van der Waals surface area (Å²) in [6, 6.07) is 19.1. The van der Waals surface area contributed by atoms with Crippen molar-refractivity contribution in [2.45, 2.75) is 19.0 Å². The van der Waals surface area contributed by atoms with Crippen molar-refractivity contribution in [2.24, 2.45) is 0 Å². The lowest BCUT2D eigenvalue weighted by molar-refractivity contribution is 0.0597. The Bertz CT molecular complexity index is 717. The van der Waals surface area contributed by atoms with Crippen molar-refractivity contribution in [3.05, 3.63) is 71.8 Å². The number of aliphatic hydroxyl groups is 1. The Hall–Kier alpha value is -2.14. The molecule has 0 radical (unpaired) electrons. The van der Waals surface area contributed by atoms with E-state index in [0.717, 1.165) is 50.5 Å². The van der Waals surface area contributed by atoms with Crippen LogP contribution in [-0.2, 0) is 6.54 Å². The Morgan fingerprint density at radius 1 is 1.07 bits per heavy atom. The second kappa shape index (κ2) is 10.3. The molecular weight excluding hydrogens is 336 g/mol. The van der Waals surface area contributed by atoms with Crippen molar-refractivity contribution in [3.63, 3.8) is 0 Å². The van der Waals surface area contributed by atoms with Gasteiger partial charge in [-0.2, -0.15) is 0 Å². The van der Waals surface area contributed by atoms with Crippen molar-refractivity contribution in [1.29, 1.82) is 0 Å². The number of para-hydroxylation sites is 1. The van der Waals surface area contributed by atoms with E-state index in [1.807, 2.05) is 18.2 Å². The number of benzene rings is 2. The molecule has 1 fully saturated rings. The van der Waals surface area contributed by atoms with E-state index in [-0.39, 0.29) is 6.61 Å². The summed E-state index contributed by atoms with van der Waals surface area (Å²) in [6.45, 7) is 5.17. The molecule has 27 heavy (non-hydrogen) atoms. The third-order valence-corrected chi connectivity index (χ3v) is 5.18. The van der Waals surface area contributed by atoms with E-state index in [0.29, 0.717) is 6.04 Å². The lowest BCUT2D eigenvalue weighted by Gasteiger charge is -2.41. The number of ether oxygens (including phenoxy) is 1. The number of methoxy groups -OCH3 is 1. The first-order valence-electron chi connectivity index (χ1n) is 9.71. The summed E-state index contributed by atoms with van der Waals surface area (Å²) in [5.74, 6) is 0.902. The van der Waals surface area contributed by atoms with Gasteiger partial charge in [0.05, 0.1) is 7.11 Å².